The Morgan fingerprint density at radius 3 is 2.33 bits per heavy atom. The van der Waals surface area contributed by atoms with Crippen LogP contribution in [0.1, 0.15) is 34.1 Å². The van der Waals surface area contributed by atoms with Crippen LogP contribution in [0.15, 0.2) is 0 Å². The van der Waals surface area contributed by atoms with Gasteiger partial charge in [-0.15, -0.1) is 0 Å². The second kappa shape index (κ2) is 6.38. The number of nitrogens with one attached hydrogen (secondary N) is 1. The molecule has 0 radical (unpaired) electrons. The molecular weight excluding hydrogens is 208 g/mol. The van der Waals surface area contributed by atoms with Crippen LogP contribution in [0.5, 0.6) is 0 Å². The zero-order chi connectivity index (χ0) is 12.1. The van der Waals surface area contributed by atoms with Gasteiger partial charge in [-0.05, 0) is 18.1 Å². The molecule has 1 amide bonds. The average molecular weight is 232 g/mol. The SMILES string of the molecule is CCC(CSC)NC(=O)[C@@H](N)C(C)(C)C. The minimum Gasteiger partial charge on any atom is -0.351 e. The van der Waals surface area contributed by atoms with E-state index in [1.54, 1.807) is 11.8 Å². The zero-order valence-corrected chi connectivity index (χ0v) is 11.3. The lowest BCUT2D eigenvalue weighted by Crippen LogP contribution is -2.51. The Bertz CT molecular complexity index is 201. The lowest BCUT2D eigenvalue weighted by molar-refractivity contribution is -0.125. The van der Waals surface area contributed by atoms with E-state index in [1.807, 2.05) is 27.0 Å². The van der Waals surface area contributed by atoms with Crippen LogP contribution in [0, 0.1) is 5.41 Å². The first-order chi connectivity index (χ1) is 6.82. The van der Waals surface area contributed by atoms with Gasteiger partial charge in [0.25, 0.3) is 0 Å². The normalized spacial score (nSPS) is 15.9. The second-order valence-corrected chi connectivity index (χ2v) is 5.82. The topological polar surface area (TPSA) is 55.1 Å². The number of hydrogen-bond acceptors (Lipinski definition) is 3. The Morgan fingerprint density at radius 2 is 2.00 bits per heavy atom. The first-order valence-electron chi connectivity index (χ1n) is 5.37. The Balaban J connectivity index is 4.22. The minimum absolute atomic E-state index is 0.0385. The largest absolute Gasteiger partial charge is 0.351 e. The summed E-state index contributed by atoms with van der Waals surface area (Å²) in [6.07, 6.45) is 2.99. The van der Waals surface area contributed by atoms with Crippen LogP contribution >= 0.6 is 11.8 Å². The van der Waals surface area contributed by atoms with E-state index in [0.717, 1.165) is 12.2 Å². The zero-order valence-electron chi connectivity index (χ0n) is 10.5. The molecule has 0 rings (SSSR count). The Hall–Kier alpha value is -0.220. The highest BCUT2D eigenvalue weighted by Gasteiger charge is 2.28. The van der Waals surface area contributed by atoms with Crippen molar-refractivity contribution in [1.82, 2.24) is 5.32 Å². The third-order valence-corrected chi connectivity index (χ3v) is 3.16. The highest BCUT2D eigenvalue weighted by atomic mass is 32.2. The van der Waals surface area contributed by atoms with E-state index in [0.29, 0.717) is 0 Å². The molecule has 0 saturated carbocycles. The molecule has 2 atom stereocenters. The van der Waals surface area contributed by atoms with Crippen LogP contribution < -0.4 is 11.1 Å². The summed E-state index contributed by atoms with van der Waals surface area (Å²) in [7, 11) is 0. The summed E-state index contributed by atoms with van der Waals surface area (Å²) in [5.41, 5.74) is 5.70. The van der Waals surface area contributed by atoms with Crippen molar-refractivity contribution in [3.8, 4) is 0 Å². The highest BCUT2D eigenvalue weighted by molar-refractivity contribution is 7.98. The maximum Gasteiger partial charge on any atom is 0.237 e. The standard InChI is InChI=1S/C11H24N2OS/c1-6-8(7-15-5)13-10(14)9(12)11(2,3)4/h8-9H,6-7,12H2,1-5H3,(H,13,14)/t8?,9-/m1/s1. The van der Waals surface area contributed by atoms with Gasteiger partial charge in [0.05, 0.1) is 6.04 Å². The highest BCUT2D eigenvalue weighted by Crippen LogP contribution is 2.17. The van der Waals surface area contributed by atoms with Crippen LogP contribution in [0.25, 0.3) is 0 Å². The van der Waals surface area contributed by atoms with Gasteiger partial charge in [-0.25, -0.2) is 0 Å². The van der Waals surface area contributed by atoms with Crippen molar-refractivity contribution in [1.29, 1.82) is 0 Å². The molecule has 0 aliphatic heterocycles. The van der Waals surface area contributed by atoms with Gasteiger partial charge in [-0.2, -0.15) is 11.8 Å². The molecule has 0 heterocycles. The number of carbonyl (C=O) groups excluding carboxylic acids is 1. The van der Waals surface area contributed by atoms with Gasteiger partial charge >= 0.3 is 0 Å². The predicted octanol–water partition coefficient (Wildman–Crippen LogP) is 1.62. The summed E-state index contributed by atoms with van der Waals surface area (Å²) in [5.74, 6) is 0.905. The van der Waals surface area contributed by atoms with Gasteiger partial charge < -0.3 is 11.1 Å². The Kier molecular flexibility index (Phi) is 6.29. The van der Waals surface area contributed by atoms with Gasteiger partial charge in [0.2, 0.25) is 5.91 Å². The molecule has 0 aliphatic rings. The van der Waals surface area contributed by atoms with Crippen molar-refractivity contribution in [2.75, 3.05) is 12.0 Å². The van der Waals surface area contributed by atoms with E-state index < -0.39 is 6.04 Å². The molecule has 0 spiro atoms. The van der Waals surface area contributed by atoms with Crippen LogP contribution in [0.2, 0.25) is 0 Å². The van der Waals surface area contributed by atoms with Crippen molar-refractivity contribution >= 4 is 17.7 Å². The number of thioether (sulfide) groups is 1. The molecule has 1 unspecified atom stereocenters. The molecule has 0 aromatic carbocycles. The summed E-state index contributed by atoms with van der Waals surface area (Å²) in [5, 5.41) is 2.99. The van der Waals surface area contributed by atoms with Crippen molar-refractivity contribution in [2.24, 2.45) is 11.1 Å². The Labute approximate surface area is 97.6 Å². The van der Waals surface area contributed by atoms with Gasteiger partial charge in [0.1, 0.15) is 0 Å². The fourth-order valence-corrected chi connectivity index (χ4v) is 1.87. The molecule has 0 aromatic rings. The molecule has 0 saturated heterocycles. The fraction of sp³-hybridized carbons (Fsp3) is 0.909. The average Bonchev–Trinajstić information content (AvgIpc) is 2.14. The van der Waals surface area contributed by atoms with Gasteiger partial charge in [0.15, 0.2) is 0 Å². The molecule has 15 heavy (non-hydrogen) atoms. The number of hydrogen-bond donors (Lipinski definition) is 2. The van der Waals surface area contributed by atoms with Crippen molar-refractivity contribution < 1.29 is 4.79 Å². The third-order valence-electron chi connectivity index (χ3n) is 2.42. The lowest BCUT2D eigenvalue weighted by Gasteiger charge is -2.27. The summed E-state index contributed by atoms with van der Waals surface area (Å²) in [4.78, 5) is 11.8. The van der Waals surface area contributed by atoms with Crippen molar-refractivity contribution in [3.05, 3.63) is 0 Å². The van der Waals surface area contributed by atoms with Crippen LogP contribution in [-0.2, 0) is 4.79 Å². The van der Waals surface area contributed by atoms with E-state index >= 15 is 0 Å². The first kappa shape index (κ1) is 14.8. The molecule has 0 aromatic heterocycles. The maximum absolute atomic E-state index is 11.8. The van der Waals surface area contributed by atoms with E-state index in [9.17, 15) is 4.79 Å². The smallest absolute Gasteiger partial charge is 0.237 e. The van der Waals surface area contributed by atoms with Crippen LogP contribution in [0.3, 0.4) is 0 Å². The third kappa shape index (κ3) is 5.42. The molecule has 4 heteroatoms. The quantitative estimate of drug-likeness (QED) is 0.757. The number of amides is 1. The van der Waals surface area contributed by atoms with E-state index in [4.69, 9.17) is 5.73 Å². The molecule has 3 N–H and O–H groups in total. The molecule has 0 aliphatic carbocycles. The summed E-state index contributed by atoms with van der Waals surface area (Å²) in [6.45, 7) is 8.01. The number of carbonyl (C=O) groups is 1. The summed E-state index contributed by atoms with van der Waals surface area (Å²) in [6, 6.07) is -0.200. The minimum atomic E-state index is -0.437. The molecule has 3 nitrogen and oxygen atoms in total. The molecule has 90 valence electrons. The predicted molar refractivity (Wildman–Crippen MR) is 68.0 cm³/mol. The molecular formula is C11H24N2OS. The van der Waals surface area contributed by atoms with Gasteiger partial charge in [-0.1, -0.05) is 27.7 Å². The number of rotatable bonds is 5. The van der Waals surface area contributed by atoms with Crippen molar-refractivity contribution in [3.63, 3.8) is 0 Å². The number of nitrogens with two attached hydrogens (primary N) is 1. The summed E-state index contributed by atoms with van der Waals surface area (Å²) < 4.78 is 0. The molecule has 0 fully saturated rings. The van der Waals surface area contributed by atoms with E-state index in [1.165, 1.54) is 0 Å². The lowest BCUT2D eigenvalue weighted by atomic mass is 9.87. The van der Waals surface area contributed by atoms with Gasteiger partial charge in [-0.3, -0.25) is 4.79 Å². The monoisotopic (exact) mass is 232 g/mol. The Morgan fingerprint density at radius 1 is 1.47 bits per heavy atom. The first-order valence-corrected chi connectivity index (χ1v) is 6.77. The fourth-order valence-electron chi connectivity index (χ4n) is 1.15. The van der Waals surface area contributed by atoms with E-state index in [2.05, 4.69) is 12.2 Å². The molecule has 0 bridgehead atoms. The van der Waals surface area contributed by atoms with E-state index in [-0.39, 0.29) is 17.4 Å². The van der Waals surface area contributed by atoms with Crippen LogP contribution in [0.4, 0.5) is 0 Å². The van der Waals surface area contributed by atoms with Crippen molar-refractivity contribution in [2.45, 2.75) is 46.2 Å². The summed E-state index contributed by atoms with van der Waals surface area (Å²) >= 11 is 1.74. The van der Waals surface area contributed by atoms with Crippen LogP contribution in [-0.4, -0.2) is 30.0 Å². The maximum atomic E-state index is 11.8. The second-order valence-electron chi connectivity index (χ2n) is 4.91. The van der Waals surface area contributed by atoms with Gasteiger partial charge in [0, 0.05) is 11.8 Å².